The van der Waals surface area contributed by atoms with Crippen molar-refractivity contribution in [3.8, 4) is 5.75 Å². The molecular weight excluding hydrogens is 340 g/mol. The Balaban J connectivity index is 2.20. The standard InChI is InChI=1S/C16H16BrClO2/c1-11-6-7-12(2)16(8-11)19-10-14-13(9-20-17)4-3-5-15(14)18/h3-8H,9-10H2,1-2H3. The average molecular weight is 356 g/mol. The lowest BCUT2D eigenvalue weighted by Gasteiger charge is -2.14. The molecule has 0 bridgehead atoms. The fourth-order valence-corrected chi connectivity index (χ4v) is 2.47. The predicted molar refractivity (Wildman–Crippen MR) is 85.4 cm³/mol. The van der Waals surface area contributed by atoms with Crippen LogP contribution in [-0.4, -0.2) is 0 Å². The number of benzene rings is 2. The van der Waals surface area contributed by atoms with E-state index in [0.29, 0.717) is 18.2 Å². The zero-order valence-electron chi connectivity index (χ0n) is 11.5. The molecule has 4 heteroatoms. The monoisotopic (exact) mass is 354 g/mol. The van der Waals surface area contributed by atoms with Crippen LogP contribution in [0.5, 0.6) is 5.75 Å². The Hall–Kier alpha value is -1.03. The van der Waals surface area contributed by atoms with Crippen molar-refractivity contribution in [2.24, 2.45) is 0 Å². The van der Waals surface area contributed by atoms with Crippen molar-refractivity contribution in [3.63, 3.8) is 0 Å². The van der Waals surface area contributed by atoms with E-state index in [1.165, 1.54) is 5.56 Å². The van der Waals surface area contributed by atoms with Crippen LogP contribution in [0.15, 0.2) is 36.4 Å². The van der Waals surface area contributed by atoms with Crippen LogP contribution in [0.25, 0.3) is 0 Å². The van der Waals surface area contributed by atoms with Gasteiger partial charge in [0.1, 0.15) is 12.4 Å². The fraction of sp³-hybridized carbons (Fsp3) is 0.250. The van der Waals surface area contributed by atoms with Gasteiger partial charge in [0.2, 0.25) is 0 Å². The van der Waals surface area contributed by atoms with Gasteiger partial charge in [-0.25, -0.2) is 0 Å². The third-order valence-electron chi connectivity index (χ3n) is 3.14. The number of rotatable bonds is 5. The largest absolute Gasteiger partial charge is 0.489 e. The first-order chi connectivity index (χ1) is 9.61. The first kappa shape index (κ1) is 15.4. The lowest BCUT2D eigenvalue weighted by molar-refractivity contribution is 0.298. The summed E-state index contributed by atoms with van der Waals surface area (Å²) in [5.41, 5.74) is 4.25. The molecule has 0 heterocycles. The van der Waals surface area contributed by atoms with Crippen molar-refractivity contribution in [1.29, 1.82) is 0 Å². The Morgan fingerprint density at radius 2 is 1.90 bits per heavy atom. The van der Waals surface area contributed by atoms with Crippen molar-refractivity contribution < 1.29 is 8.57 Å². The van der Waals surface area contributed by atoms with E-state index in [0.717, 1.165) is 22.4 Å². The Bertz CT molecular complexity index is 599. The number of aryl methyl sites for hydroxylation is 2. The van der Waals surface area contributed by atoms with Gasteiger partial charge in [-0.1, -0.05) is 35.9 Å². The summed E-state index contributed by atoms with van der Waals surface area (Å²) < 4.78 is 10.9. The normalized spacial score (nSPS) is 10.6. The summed E-state index contributed by atoms with van der Waals surface area (Å²) in [5, 5.41) is 0.692. The van der Waals surface area contributed by atoms with Crippen LogP contribution >= 0.6 is 27.9 Å². The number of hydrogen-bond donors (Lipinski definition) is 0. The molecule has 2 nitrogen and oxygen atoms in total. The summed E-state index contributed by atoms with van der Waals surface area (Å²) in [6, 6.07) is 11.9. The summed E-state index contributed by atoms with van der Waals surface area (Å²) in [6.07, 6.45) is 0. The number of halogens is 2. The van der Waals surface area contributed by atoms with Crippen molar-refractivity contribution >= 4 is 27.9 Å². The summed E-state index contributed by atoms with van der Waals surface area (Å²) in [4.78, 5) is 0. The molecule has 0 aliphatic rings. The first-order valence-corrected chi connectivity index (χ1v) is 7.34. The lowest BCUT2D eigenvalue weighted by atomic mass is 10.1. The van der Waals surface area contributed by atoms with Gasteiger partial charge in [-0.15, -0.1) is 0 Å². The van der Waals surface area contributed by atoms with Gasteiger partial charge in [0.25, 0.3) is 0 Å². The number of hydrogen-bond acceptors (Lipinski definition) is 2. The van der Waals surface area contributed by atoms with E-state index >= 15 is 0 Å². The van der Waals surface area contributed by atoms with Gasteiger partial charge in [-0.2, -0.15) is 0 Å². The van der Waals surface area contributed by atoms with Crippen molar-refractivity contribution in [3.05, 3.63) is 63.7 Å². The molecule has 0 aromatic heterocycles. The zero-order valence-corrected chi connectivity index (χ0v) is 13.8. The van der Waals surface area contributed by atoms with Crippen LogP contribution in [0, 0.1) is 13.8 Å². The molecule has 2 aromatic rings. The highest BCUT2D eigenvalue weighted by atomic mass is 79.9. The minimum absolute atomic E-state index is 0.426. The molecule has 0 atom stereocenters. The van der Waals surface area contributed by atoms with Gasteiger partial charge in [0, 0.05) is 10.6 Å². The SMILES string of the molecule is Cc1ccc(C)c(OCc2c(Cl)cccc2COBr)c1. The van der Waals surface area contributed by atoms with Crippen LogP contribution in [-0.2, 0) is 17.0 Å². The molecule has 0 radical (unpaired) electrons. The van der Waals surface area contributed by atoms with Gasteiger partial charge < -0.3 is 8.57 Å². The predicted octanol–water partition coefficient (Wildman–Crippen LogP) is 5.36. The molecule has 0 unspecified atom stereocenters. The molecule has 0 saturated carbocycles. The number of ether oxygens (including phenoxy) is 1. The highest BCUT2D eigenvalue weighted by molar-refractivity contribution is 9.06. The van der Waals surface area contributed by atoms with E-state index in [9.17, 15) is 0 Å². The minimum Gasteiger partial charge on any atom is -0.489 e. The third-order valence-corrected chi connectivity index (χ3v) is 3.72. The minimum atomic E-state index is 0.426. The topological polar surface area (TPSA) is 18.5 Å². The molecular formula is C16H16BrClO2. The van der Waals surface area contributed by atoms with Crippen LogP contribution < -0.4 is 4.74 Å². The Morgan fingerprint density at radius 1 is 1.10 bits per heavy atom. The summed E-state index contributed by atoms with van der Waals surface area (Å²) in [7, 11) is 0. The molecule has 0 fully saturated rings. The van der Waals surface area contributed by atoms with E-state index < -0.39 is 0 Å². The zero-order chi connectivity index (χ0) is 14.5. The van der Waals surface area contributed by atoms with Gasteiger partial charge in [-0.3, -0.25) is 0 Å². The van der Waals surface area contributed by atoms with Crippen LogP contribution in [0.4, 0.5) is 0 Å². The summed E-state index contributed by atoms with van der Waals surface area (Å²) in [5.74, 6) is 0.885. The highest BCUT2D eigenvalue weighted by Gasteiger charge is 2.09. The van der Waals surface area contributed by atoms with Crippen LogP contribution in [0.1, 0.15) is 22.3 Å². The average Bonchev–Trinajstić information content (AvgIpc) is 2.42. The second kappa shape index (κ2) is 7.11. The van der Waals surface area contributed by atoms with Gasteiger partial charge >= 0.3 is 0 Å². The molecule has 20 heavy (non-hydrogen) atoms. The molecule has 2 rings (SSSR count). The molecule has 0 saturated heterocycles. The Morgan fingerprint density at radius 3 is 2.65 bits per heavy atom. The smallest absolute Gasteiger partial charge is 0.122 e. The maximum absolute atomic E-state index is 6.25. The second-order valence-electron chi connectivity index (χ2n) is 4.69. The van der Waals surface area contributed by atoms with Gasteiger partial charge in [0.15, 0.2) is 0 Å². The molecule has 106 valence electrons. The summed E-state index contributed by atoms with van der Waals surface area (Å²) in [6.45, 7) is 4.96. The molecule has 0 aliphatic carbocycles. The quantitative estimate of drug-likeness (QED) is 0.718. The fourth-order valence-electron chi connectivity index (χ4n) is 1.97. The van der Waals surface area contributed by atoms with Gasteiger partial charge in [0.05, 0.1) is 22.9 Å². The van der Waals surface area contributed by atoms with Crippen LogP contribution in [0.2, 0.25) is 5.02 Å². The third kappa shape index (κ3) is 3.75. The highest BCUT2D eigenvalue weighted by Crippen LogP contribution is 2.25. The Labute approximate surface area is 133 Å². The lowest BCUT2D eigenvalue weighted by Crippen LogP contribution is -2.02. The maximum atomic E-state index is 6.25. The molecule has 0 spiro atoms. The van der Waals surface area contributed by atoms with E-state index in [2.05, 4.69) is 28.4 Å². The van der Waals surface area contributed by atoms with E-state index in [1.54, 1.807) is 0 Å². The summed E-state index contributed by atoms with van der Waals surface area (Å²) >= 11 is 9.23. The van der Waals surface area contributed by atoms with Crippen LogP contribution in [0.3, 0.4) is 0 Å². The molecule has 0 amide bonds. The van der Waals surface area contributed by atoms with E-state index in [1.807, 2.05) is 38.1 Å². The second-order valence-corrected chi connectivity index (χ2v) is 5.55. The Kier molecular flexibility index (Phi) is 5.46. The first-order valence-electron chi connectivity index (χ1n) is 6.31. The maximum Gasteiger partial charge on any atom is 0.122 e. The molecule has 0 aliphatic heterocycles. The van der Waals surface area contributed by atoms with Crippen molar-refractivity contribution in [2.45, 2.75) is 27.1 Å². The van der Waals surface area contributed by atoms with Gasteiger partial charge in [-0.05, 0) is 42.7 Å². The van der Waals surface area contributed by atoms with Crippen molar-refractivity contribution in [1.82, 2.24) is 0 Å². The molecule has 0 N–H and O–H groups in total. The van der Waals surface area contributed by atoms with Crippen molar-refractivity contribution in [2.75, 3.05) is 0 Å². The molecule has 2 aromatic carbocycles. The van der Waals surface area contributed by atoms with E-state index in [4.69, 9.17) is 20.2 Å². The van der Waals surface area contributed by atoms with E-state index in [-0.39, 0.29) is 0 Å².